The molecule has 2 heterocycles. The molecule has 0 bridgehead atoms. The van der Waals surface area contributed by atoms with Gasteiger partial charge in [0.25, 0.3) is 5.56 Å². The summed E-state index contributed by atoms with van der Waals surface area (Å²) in [5.41, 5.74) is -0.266. The van der Waals surface area contributed by atoms with Gasteiger partial charge in [0.05, 0.1) is 6.61 Å². The van der Waals surface area contributed by atoms with Gasteiger partial charge in [0, 0.05) is 59.1 Å². The Morgan fingerprint density at radius 3 is 2.75 bits per heavy atom. The molecule has 0 saturated carbocycles. The van der Waals surface area contributed by atoms with Gasteiger partial charge in [-0.25, -0.2) is 4.79 Å². The predicted molar refractivity (Wildman–Crippen MR) is 73.8 cm³/mol. The fourth-order valence-electron chi connectivity index (χ4n) is 2.33. The molecule has 1 unspecified atom stereocenters. The minimum absolute atomic E-state index is 0.296. The second kappa shape index (κ2) is 5.90. The van der Waals surface area contributed by atoms with Crippen LogP contribution >= 0.6 is 0 Å². The number of hydrogen-bond donors (Lipinski definition) is 1. The van der Waals surface area contributed by atoms with Crippen molar-refractivity contribution in [2.45, 2.75) is 18.6 Å². The summed E-state index contributed by atoms with van der Waals surface area (Å²) >= 11 is 0. The molecule has 1 aliphatic rings. The Bertz CT molecular complexity index is 584. The molecule has 112 valence electrons. The molecular formula is C13H21N3O4. The van der Waals surface area contributed by atoms with Gasteiger partial charge in [0.1, 0.15) is 5.60 Å². The van der Waals surface area contributed by atoms with Crippen LogP contribution in [-0.2, 0) is 30.1 Å². The molecule has 1 aromatic rings. The normalized spacial score (nSPS) is 22.4. The van der Waals surface area contributed by atoms with Crippen LogP contribution in [0.4, 0.5) is 0 Å². The number of nitrogens with zero attached hydrogens (tertiary/aromatic N) is 2. The molecule has 0 aromatic carbocycles. The summed E-state index contributed by atoms with van der Waals surface area (Å²) in [4.78, 5) is 23.4. The number of nitrogens with one attached hydrogen (secondary N) is 1. The zero-order chi connectivity index (χ0) is 14.8. The largest absolute Gasteiger partial charge is 0.378 e. The molecule has 0 aliphatic carbocycles. The Labute approximate surface area is 117 Å². The van der Waals surface area contributed by atoms with Crippen molar-refractivity contribution in [1.82, 2.24) is 14.5 Å². The molecular weight excluding hydrogens is 262 g/mol. The third kappa shape index (κ3) is 2.84. The highest BCUT2D eigenvalue weighted by molar-refractivity contribution is 5.02. The number of rotatable bonds is 5. The van der Waals surface area contributed by atoms with E-state index in [1.54, 1.807) is 14.2 Å². The lowest BCUT2D eigenvalue weighted by Crippen LogP contribution is -2.44. The van der Waals surface area contributed by atoms with Crippen LogP contribution < -0.4 is 16.6 Å². The summed E-state index contributed by atoms with van der Waals surface area (Å²) < 4.78 is 13.4. The van der Waals surface area contributed by atoms with Gasteiger partial charge in [-0.3, -0.25) is 13.9 Å². The van der Waals surface area contributed by atoms with E-state index in [0.717, 1.165) is 11.0 Å². The van der Waals surface area contributed by atoms with Crippen LogP contribution in [0.25, 0.3) is 0 Å². The molecule has 1 N–H and O–H groups in total. The molecule has 2 rings (SSSR count). The third-order valence-corrected chi connectivity index (χ3v) is 3.88. The van der Waals surface area contributed by atoms with E-state index < -0.39 is 0 Å². The average molecular weight is 283 g/mol. The van der Waals surface area contributed by atoms with Crippen molar-refractivity contribution in [3.05, 3.63) is 32.6 Å². The Kier molecular flexibility index (Phi) is 4.42. The summed E-state index contributed by atoms with van der Waals surface area (Å²) in [6.45, 7) is 2.31. The van der Waals surface area contributed by atoms with E-state index >= 15 is 0 Å². The van der Waals surface area contributed by atoms with Gasteiger partial charge in [0.2, 0.25) is 0 Å². The number of aromatic nitrogens is 2. The predicted octanol–water partition coefficient (Wildman–Crippen LogP) is -1.02. The summed E-state index contributed by atoms with van der Waals surface area (Å²) in [6, 6.07) is 1.47. The molecule has 20 heavy (non-hydrogen) atoms. The third-order valence-electron chi connectivity index (χ3n) is 3.88. The van der Waals surface area contributed by atoms with E-state index in [-0.39, 0.29) is 16.9 Å². The summed E-state index contributed by atoms with van der Waals surface area (Å²) in [6.07, 6.45) is 0.839. The Hall–Kier alpha value is -1.44. The van der Waals surface area contributed by atoms with Crippen molar-refractivity contribution in [1.29, 1.82) is 0 Å². The first-order valence-corrected chi connectivity index (χ1v) is 6.59. The van der Waals surface area contributed by atoms with Gasteiger partial charge in [-0.15, -0.1) is 0 Å². The van der Waals surface area contributed by atoms with Crippen molar-refractivity contribution in [2.24, 2.45) is 14.1 Å². The number of methoxy groups -OCH3 is 1. The van der Waals surface area contributed by atoms with E-state index in [0.29, 0.717) is 32.0 Å². The molecule has 1 aliphatic heterocycles. The topological polar surface area (TPSA) is 74.5 Å². The van der Waals surface area contributed by atoms with Crippen molar-refractivity contribution < 1.29 is 9.47 Å². The molecule has 1 fully saturated rings. The molecule has 0 radical (unpaired) electrons. The SMILES string of the molecule is COC1(CNCc2cc(=O)n(C)c(=O)n2C)CCOC1. The highest BCUT2D eigenvalue weighted by atomic mass is 16.5. The smallest absolute Gasteiger partial charge is 0.330 e. The minimum atomic E-state index is -0.319. The van der Waals surface area contributed by atoms with Crippen LogP contribution in [-0.4, -0.2) is 41.6 Å². The highest BCUT2D eigenvalue weighted by Crippen LogP contribution is 2.21. The number of ether oxygens (including phenoxy) is 2. The van der Waals surface area contributed by atoms with Crippen LogP contribution in [0.1, 0.15) is 12.1 Å². The van der Waals surface area contributed by atoms with E-state index in [1.165, 1.54) is 17.7 Å². The van der Waals surface area contributed by atoms with Gasteiger partial charge >= 0.3 is 5.69 Å². The highest BCUT2D eigenvalue weighted by Gasteiger charge is 2.34. The zero-order valence-corrected chi connectivity index (χ0v) is 12.1. The fraction of sp³-hybridized carbons (Fsp3) is 0.692. The maximum atomic E-state index is 11.8. The number of hydrogen-bond acceptors (Lipinski definition) is 5. The van der Waals surface area contributed by atoms with Crippen LogP contribution in [0.15, 0.2) is 15.7 Å². The van der Waals surface area contributed by atoms with Gasteiger partial charge in [-0.05, 0) is 0 Å². The second-order valence-electron chi connectivity index (χ2n) is 5.17. The summed E-state index contributed by atoms with van der Waals surface area (Å²) in [5.74, 6) is 0. The summed E-state index contributed by atoms with van der Waals surface area (Å²) in [7, 11) is 4.80. The first-order chi connectivity index (χ1) is 9.49. The lowest BCUT2D eigenvalue weighted by Gasteiger charge is -2.26. The Morgan fingerprint density at radius 2 is 2.15 bits per heavy atom. The van der Waals surface area contributed by atoms with Gasteiger partial charge < -0.3 is 14.8 Å². The van der Waals surface area contributed by atoms with E-state index in [4.69, 9.17) is 9.47 Å². The van der Waals surface area contributed by atoms with E-state index in [1.807, 2.05) is 0 Å². The Balaban J connectivity index is 2.05. The molecule has 1 saturated heterocycles. The molecule has 0 spiro atoms. The van der Waals surface area contributed by atoms with Crippen molar-refractivity contribution in [3.63, 3.8) is 0 Å². The first-order valence-electron chi connectivity index (χ1n) is 6.59. The van der Waals surface area contributed by atoms with Gasteiger partial charge in [-0.2, -0.15) is 0 Å². The second-order valence-corrected chi connectivity index (χ2v) is 5.17. The van der Waals surface area contributed by atoms with Crippen LogP contribution in [0.3, 0.4) is 0 Å². The lowest BCUT2D eigenvalue weighted by molar-refractivity contribution is -0.0160. The molecule has 1 aromatic heterocycles. The van der Waals surface area contributed by atoms with Crippen molar-refractivity contribution in [3.8, 4) is 0 Å². The van der Waals surface area contributed by atoms with Gasteiger partial charge in [-0.1, -0.05) is 0 Å². The van der Waals surface area contributed by atoms with Crippen LogP contribution in [0.2, 0.25) is 0 Å². The maximum absolute atomic E-state index is 11.8. The summed E-state index contributed by atoms with van der Waals surface area (Å²) in [5, 5.41) is 3.24. The Morgan fingerprint density at radius 1 is 1.40 bits per heavy atom. The van der Waals surface area contributed by atoms with Crippen molar-refractivity contribution in [2.75, 3.05) is 26.9 Å². The van der Waals surface area contributed by atoms with Gasteiger partial charge in [0.15, 0.2) is 0 Å². The molecule has 1 atom stereocenters. The fourth-order valence-corrected chi connectivity index (χ4v) is 2.33. The molecule has 0 amide bonds. The lowest BCUT2D eigenvalue weighted by atomic mass is 10.0. The quantitative estimate of drug-likeness (QED) is 0.748. The van der Waals surface area contributed by atoms with Crippen LogP contribution in [0.5, 0.6) is 0 Å². The zero-order valence-electron chi connectivity index (χ0n) is 12.1. The average Bonchev–Trinajstić information content (AvgIpc) is 2.91. The maximum Gasteiger partial charge on any atom is 0.330 e. The minimum Gasteiger partial charge on any atom is -0.378 e. The van der Waals surface area contributed by atoms with E-state index in [9.17, 15) is 9.59 Å². The van der Waals surface area contributed by atoms with Crippen molar-refractivity contribution >= 4 is 0 Å². The monoisotopic (exact) mass is 283 g/mol. The van der Waals surface area contributed by atoms with E-state index in [2.05, 4.69) is 5.32 Å². The molecule has 7 heteroatoms. The van der Waals surface area contributed by atoms with Crippen LogP contribution in [0, 0.1) is 0 Å². The standard InChI is InChI=1S/C13H21N3O4/c1-15-10(6-11(17)16(2)12(15)18)7-14-8-13(19-3)4-5-20-9-13/h6,14H,4-5,7-9H2,1-3H3. The molecule has 7 nitrogen and oxygen atoms in total. The first kappa shape index (κ1) is 15.0.